The van der Waals surface area contributed by atoms with Crippen molar-refractivity contribution < 1.29 is 68.2 Å². The molecule has 0 spiro atoms. The maximum Gasteiger partial charge on any atom is 0.267 e. The summed E-state index contributed by atoms with van der Waals surface area (Å²) in [6, 6.07) is 10.7. The second kappa shape index (κ2) is 66.0. The number of aryl methyl sites for hydroxylation is 9. The van der Waals surface area contributed by atoms with E-state index in [0.717, 1.165) is 129 Å². The van der Waals surface area contributed by atoms with Gasteiger partial charge in [-0.25, -0.2) is 49.8 Å². The van der Waals surface area contributed by atoms with Gasteiger partial charge in [-0.05, 0) is 125 Å². The minimum atomic E-state index is -0.588. The van der Waals surface area contributed by atoms with Crippen LogP contribution in [0.2, 0.25) is 0 Å². The normalized spacial score (nSPS) is 11.5. The van der Waals surface area contributed by atoms with Gasteiger partial charge in [0.15, 0.2) is 69.3 Å². The van der Waals surface area contributed by atoms with Gasteiger partial charge in [0.1, 0.15) is 73.5 Å². The molecule has 740 valence electrons. The molecule has 10 heterocycles. The summed E-state index contributed by atoms with van der Waals surface area (Å²) in [6.45, 7) is 27.3. The number of hydrogen-bond acceptors (Lipinski definition) is 35. The van der Waals surface area contributed by atoms with Gasteiger partial charge in [0, 0.05) is 69.0 Å². The monoisotopic (exact) mass is 1950 g/mol. The van der Waals surface area contributed by atoms with E-state index in [1.54, 1.807) is 94.4 Å². The van der Waals surface area contributed by atoms with Crippen LogP contribution in [0.25, 0.3) is 0 Å². The lowest BCUT2D eigenvalue weighted by Gasteiger charge is -2.20. The molecule has 10 aromatic heterocycles. The summed E-state index contributed by atoms with van der Waals surface area (Å²) in [4.78, 5) is 66.9. The standard InChI is InChI=1S/C19H28N4O3.C18H27N5O4.C18H25N5O3.C18H29N5O2.C17H27N5O2.5H2S/c1-6-7-15(10-24)23-19-17(9-20-14(4)22-19)26-11-16-13(3)18(25-5)12(2)8-21-16;1-4-5-12(7-9-24)22-17-15(10-21-18(19)23-17)27-11-13-16(26-3)14(25-2)6-8-20-13;1-3-4-6-13(10-24)23-18-16(9-20-12(2)21-18)26-11-14-7-5-8-15(22-14)17(19)25;1-5-6-7-15(8-9-24)21-18-17(11-19-14(3)20-18)25-12-16-10-13(2)22-23(16)4;1-5-6-7-14(10-23)20-17-16(9-18-13(3)19-17)24-11-15-8-12(2)21-22(15)4;;;;;/h8-9,15,24H,6-7,10-11H2,1-5H3,(H,20,22,23);6,8,10,12,24H,4-5,7,9,11H2,1-3H3,(H3,19,21,22,23);5,7-9,13,24H,3-4,6,10-11H2,1-2H3,(H2,19,25)(H,20,21,23);10-11,15,24H,5-9,12H2,1-4H3,(H,19,20,21);8-9,14,23H,5-7,10-11H2,1-4H3,(H,18,19,20);5*1H2/t15-;12-;13-;15-;14-;;;;;/m00000...../s1. The van der Waals surface area contributed by atoms with Crippen molar-refractivity contribution >= 4 is 108 Å². The minimum absolute atomic E-state index is 0. The number of anilines is 6. The molecular weight excluding hydrogens is 1800 g/mol. The van der Waals surface area contributed by atoms with Gasteiger partial charge in [-0.1, -0.05) is 92.1 Å². The molecule has 38 nitrogen and oxygen atoms in total. The van der Waals surface area contributed by atoms with Crippen LogP contribution in [0.4, 0.5) is 35.0 Å². The minimum Gasteiger partial charge on any atom is -0.496 e. The maximum atomic E-state index is 11.2. The number of nitrogens with two attached hydrogens (primary N) is 2. The average Bonchev–Trinajstić information content (AvgIpc) is 1.42. The third kappa shape index (κ3) is 41.5. The predicted molar refractivity (Wildman–Crippen MR) is 543 cm³/mol. The highest BCUT2D eigenvalue weighted by Gasteiger charge is 2.23. The zero-order valence-corrected chi connectivity index (χ0v) is 85.2. The number of amides is 1. The SMILES string of the molecule is CCCC[C@@H](CCO)Nc1nc(C)ncc1OCc1cc(C)nn1C.CCCC[C@@H](CO)Nc1nc(C)ncc1OCc1cc(C)nn1C.CCCC[C@@H](CO)Nc1nc(C)ncc1OCc1cccc(C(N)=O)n1.CCC[C@@H](CCO)Nc1nc(N)ncc1OCc1nccc(OC)c1OC.CCC[C@@H](CO)Nc1nc(C)ncc1OCc1ncc(C)c(OC)c1C.S.S.S.S.S. The Bertz CT molecular complexity index is 4960. The second-order valence-corrected chi connectivity index (χ2v) is 30.4. The van der Waals surface area contributed by atoms with Crippen LogP contribution in [0.5, 0.6) is 46.0 Å². The fourth-order valence-electron chi connectivity index (χ4n) is 13.0. The molecule has 43 heteroatoms. The number of primary amides is 1. The van der Waals surface area contributed by atoms with E-state index in [1.165, 1.54) is 6.20 Å². The Morgan fingerprint density at radius 1 is 0.406 bits per heavy atom. The summed E-state index contributed by atoms with van der Waals surface area (Å²) >= 11 is 0. The van der Waals surface area contributed by atoms with E-state index in [2.05, 4.69) is 136 Å². The van der Waals surface area contributed by atoms with Gasteiger partial charge in [0.25, 0.3) is 5.91 Å². The number of pyridine rings is 3. The van der Waals surface area contributed by atoms with Gasteiger partial charge < -0.3 is 101 Å². The molecule has 1 amide bonds. The third-order valence-electron chi connectivity index (χ3n) is 19.8. The molecule has 5 atom stereocenters. The summed E-state index contributed by atoms with van der Waals surface area (Å²) < 4.78 is 49.1. The number of aromatic nitrogens is 17. The molecule has 0 aromatic carbocycles. The number of aliphatic hydroxyl groups is 5. The number of hydrogen-bond donors (Lipinski definition) is 12. The molecular formula is C90H146N24O14S5. The first-order chi connectivity index (χ1) is 61.7. The number of carbonyl (C=O) groups excluding carboxylic acids is 1. The van der Waals surface area contributed by atoms with E-state index in [1.807, 2.05) is 79.4 Å². The van der Waals surface area contributed by atoms with Crippen LogP contribution in [0.15, 0.2) is 79.8 Å². The number of nitrogen functional groups attached to an aromatic ring is 1. The van der Waals surface area contributed by atoms with Crippen molar-refractivity contribution in [3.63, 3.8) is 0 Å². The zero-order valence-electron chi connectivity index (χ0n) is 80.2. The first-order valence-electron chi connectivity index (χ1n) is 43.5. The molecule has 0 unspecified atom stereocenters. The molecule has 0 aliphatic heterocycles. The molecule has 0 aliphatic rings. The van der Waals surface area contributed by atoms with Gasteiger partial charge in [0.2, 0.25) is 5.95 Å². The first-order valence-corrected chi connectivity index (χ1v) is 43.5. The van der Waals surface area contributed by atoms with Crippen LogP contribution < -0.4 is 75.9 Å². The Balaban J connectivity index is 0.000000824. The lowest BCUT2D eigenvalue weighted by atomic mass is 10.1. The molecule has 10 rings (SSSR count). The number of rotatable bonds is 49. The van der Waals surface area contributed by atoms with Crippen molar-refractivity contribution in [2.45, 2.75) is 250 Å². The van der Waals surface area contributed by atoms with Crippen LogP contribution in [-0.4, -0.2) is 200 Å². The fourth-order valence-corrected chi connectivity index (χ4v) is 13.0. The van der Waals surface area contributed by atoms with Crippen molar-refractivity contribution in [3.05, 3.63) is 160 Å². The Kier molecular flexibility index (Phi) is 59.8. The molecule has 0 saturated carbocycles. The molecule has 0 radical (unpaired) electrons. The first kappa shape index (κ1) is 120. The lowest BCUT2D eigenvalue weighted by molar-refractivity contribution is 0.0995. The summed E-state index contributed by atoms with van der Waals surface area (Å²) in [5.41, 5.74) is 18.9. The van der Waals surface area contributed by atoms with E-state index < -0.39 is 5.91 Å². The Hall–Kier alpha value is -10.5. The van der Waals surface area contributed by atoms with Crippen molar-refractivity contribution in [2.75, 3.05) is 86.7 Å². The number of carbonyl (C=O) groups is 1. The van der Waals surface area contributed by atoms with E-state index in [-0.39, 0.29) is 162 Å². The topological polar surface area (TPSA) is 507 Å². The molecule has 133 heavy (non-hydrogen) atoms. The number of nitrogens with zero attached hydrogens (tertiary/aromatic N) is 17. The summed E-state index contributed by atoms with van der Waals surface area (Å²) in [7, 11) is 8.56. The lowest BCUT2D eigenvalue weighted by Crippen LogP contribution is -2.25. The van der Waals surface area contributed by atoms with Crippen molar-refractivity contribution in [2.24, 2.45) is 19.8 Å². The maximum absolute atomic E-state index is 11.2. The number of methoxy groups -OCH3 is 3. The highest BCUT2D eigenvalue weighted by atomic mass is 32.1. The van der Waals surface area contributed by atoms with Crippen LogP contribution in [0.3, 0.4) is 0 Å². The van der Waals surface area contributed by atoms with E-state index >= 15 is 0 Å². The molecule has 0 aliphatic carbocycles. The summed E-state index contributed by atoms with van der Waals surface area (Å²) in [5, 5.41) is 72.3. The highest BCUT2D eigenvalue weighted by Crippen LogP contribution is 2.34. The number of ether oxygens (including phenoxy) is 8. The number of aliphatic hydroxyl groups excluding tert-OH is 5. The van der Waals surface area contributed by atoms with Gasteiger partial charge in [-0.2, -0.15) is 82.7 Å². The fraction of sp³-hybridized carbons (Fsp3) is 0.533. The smallest absolute Gasteiger partial charge is 0.267 e. The van der Waals surface area contributed by atoms with Gasteiger partial charge in [-0.15, -0.1) is 0 Å². The number of nitrogens with one attached hydrogen (secondary N) is 5. The van der Waals surface area contributed by atoms with Gasteiger partial charge in [-0.3, -0.25) is 24.1 Å². The molecule has 0 fully saturated rings. The third-order valence-corrected chi connectivity index (χ3v) is 19.8. The summed E-state index contributed by atoms with van der Waals surface area (Å²) in [6.07, 6.45) is 25.6. The molecule has 0 bridgehead atoms. The summed E-state index contributed by atoms with van der Waals surface area (Å²) in [5.74, 6) is 9.55. The van der Waals surface area contributed by atoms with Crippen LogP contribution in [0.1, 0.15) is 216 Å². The quantitative estimate of drug-likeness (QED) is 0.0168. The van der Waals surface area contributed by atoms with E-state index in [9.17, 15) is 30.3 Å². The van der Waals surface area contributed by atoms with E-state index in [4.69, 9.17) is 49.4 Å². The van der Waals surface area contributed by atoms with E-state index in [0.29, 0.717) is 130 Å². The largest absolute Gasteiger partial charge is 0.496 e. The Labute approximate surface area is 817 Å². The molecule has 0 saturated heterocycles. The van der Waals surface area contributed by atoms with Crippen molar-refractivity contribution in [1.29, 1.82) is 0 Å². The van der Waals surface area contributed by atoms with Crippen LogP contribution >= 0.6 is 67.5 Å². The van der Waals surface area contributed by atoms with Gasteiger partial charge >= 0.3 is 0 Å². The Morgan fingerprint density at radius 2 is 0.782 bits per heavy atom. The molecule has 10 aromatic rings. The van der Waals surface area contributed by atoms with Crippen LogP contribution in [-0.2, 0) is 47.1 Å². The number of unbranched alkanes of at least 4 members (excludes halogenated alkanes) is 3. The van der Waals surface area contributed by atoms with Gasteiger partial charge in [0.05, 0.1) is 124 Å². The molecule has 14 N–H and O–H groups in total. The predicted octanol–water partition coefficient (Wildman–Crippen LogP) is 12.5. The highest BCUT2D eigenvalue weighted by molar-refractivity contribution is 7.60. The Morgan fingerprint density at radius 3 is 1.17 bits per heavy atom. The average molecular weight is 1950 g/mol. The van der Waals surface area contributed by atoms with Crippen molar-refractivity contribution in [1.82, 2.24) is 84.4 Å². The zero-order chi connectivity index (χ0) is 93.5. The van der Waals surface area contributed by atoms with Crippen LogP contribution in [0, 0.1) is 55.4 Å². The van der Waals surface area contributed by atoms with Crippen molar-refractivity contribution in [3.8, 4) is 46.0 Å². The second-order valence-electron chi connectivity index (χ2n) is 30.4.